The number of sulfonamides is 1. The van der Waals surface area contributed by atoms with Crippen molar-refractivity contribution in [1.82, 2.24) is 9.21 Å². The van der Waals surface area contributed by atoms with Gasteiger partial charge in [-0.05, 0) is 65.7 Å². The Labute approximate surface area is 185 Å². The molecule has 29 heavy (non-hydrogen) atoms. The molecule has 154 valence electrons. The lowest BCUT2D eigenvalue weighted by atomic mass is 10.1. The Bertz CT molecular complexity index is 1080. The zero-order valence-electron chi connectivity index (χ0n) is 15.3. The molecular weight excluding hydrogens is 532 g/mol. The lowest BCUT2D eigenvalue weighted by Crippen LogP contribution is -2.41. The van der Waals surface area contributed by atoms with Gasteiger partial charge < -0.3 is 4.90 Å². The molecular formula is C19H17Br2F2N3O2S. The highest BCUT2D eigenvalue weighted by Crippen LogP contribution is 2.33. The minimum absolute atomic E-state index is 0.00625. The number of benzene rings is 2. The van der Waals surface area contributed by atoms with Crippen LogP contribution in [0.3, 0.4) is 0 Å². The van der Waals surface area contributed by atoms with Gasteiger partial charge in [0.05, 0.1) is 4.90 Å². The van der Waals surface area contributed by atoms with Crippen LogP contribution in [0.4, 0.5) is 8.78 Å². The zero-order valence-corrected chi connectivity index (χ0v) is 19.3. The van der Waals surface area contributed by atoms with Crippen LogP contribution in [0.25, 0.3) is 0 Å². The van der Waals surface area contributed by atoms with Crippen molar-refractivity contribution in [2.45, 2.75) is 36.9 Å². The first-order valence-corrected chi connectivity index (χ1v) is 11.7. The molecule has 1 saturated heterocycles. The first kappa shape index (κ1) is 22.2. The van der Waals surface area contributed by atoms with Crippen LogP contribution < -0.4 is 0 Å². The molecule has 3 rings (SSSR count). The van der Waals surface area contributed by atoms with E-state index in [2.05, 4.69) is 38.1 Å². The predicted molar refractivity (Wildman–Crippen MR) is 111 cm³/mol. The summed E-state index contributed by atoms with van der Waals surface area (Å²) in [6, 6.07) is 6.96. The van der Waals surface area contributed by atoms with Crippen LogP contribution in [0.1, 0.15) is 18.9 Å². The van der Waals surface area contributed by atoms with Gasteiger partial charge in [0.15, 0.2) is 6.19 Å². The average molecular weight is 549 g/mol. The summed E-state index contributed by atoms with van der Waals surface area (Å²) in [5.74, 6) is -1.34. The molecule has 2 aromatic carbocycles. The highest BCUT2D eigenvalue weighted by molar-refractivity contribution is 9.11. The summed E-state index contributed by atoms with van der Waals surface area (Å²) in [6.45, 7) is 1.66. The predicted octanol–water partition coefficient (Wildman–Crippen LogP) is 4.62. The van der Waals surface area contributed by atoms with E-state index in [1.165, 1.54) is 11.0 Å². The molecule has 0 N–H and O–H groups in total. The van der Waals surface area contributed by atoms with Crippen LogP contribution in [0.15, 0.2) is 50.2 Å². The van der Waals surface area contributed by atoms with Gasteiger partial charge in [-0.3, -0.25) is 0 Å². The second kappa shape index (κ2) is 8.68. The molecule has 1 aliphatic heterocycles. The highest BCUT2D eigenvalue weighted by atomic mass is 79.9. The van der Waals surface area contributed by atoms with Gasteiger partial charge >= 0.3 is 0 Å². The molecule has 2 atom stereocenters. The Kier molecular flexibility index (Phi) is 6.63. The maximum absolute atomic E-state index is 14.3. The van der Waals surface area contributed by atoms with Gasteiger partial charge in [-0.2, -0.15) is 9.57 Å². The fraction of sp³-hybridized carbons (Fsp3) is 0.316. The van der Waals surface area contributed by atoms with Crippen molar-refractivity contribution in [3.63, 3.8) is 0 Å². The zero-order chi connectivity index (χ0) is 21.3. The van der Waals surface area contributed by atoms with E-state index in [1.807, 2.05) is 6.92 Å². The topological polar surface area (TPSA) is 64.4 Å². The van der Waals surface area contributed by atoms with E-state index in [1.54, 1.807) is 12.1 Å². The Balaban J connectivity index is 2.08. The Morgan fingerprint density at radius 2 is 1.97 bits per heavy atom. The average Bonchev–Trinajstić information content (AvgIpc) is 3.04. The lowest BCUT2D eigenvalue weighted by Gasteiger charge is -2.28. The molecule has 2 aromatic rings. The van der Waals surface area contributed by atoms with Crippen LogP contribution >= 0.6 is 31.9 Å². The number of rotatable bonds is 5. The van der Waals surface area contributed by atoms with Crippen molar-refractivity contribution in [3.05, 3.63) is 62.5 Å². The molecule has 0 spiro atoms. The van der Waals surface area contributed by atoms with E-state index in [0.717, 1.165) is 22.5 Å². The van der Waals surface area contributed by atoms with E-state index >= 15 is 0 Å². The summed E-state index contributed by atoms with van der Waals surface area (Å²) in [5.41, 5.74) is -0.0669. The number of hydrogen-bond acceptors (Lipinski definition) is 4. The molecule has 0 saturated carbocycles. The van der Waals surface area contributed by atoms with E-state index in [4.69, 9.17) is 0 Å². The Morgan fingerprint density at radius 1 is 1.24 bits per heavy atom. The smallest absolute Gasteiger partial charge is 0.244 e. The third-order valence-corrected chi connectivity index (χ3v) is 8.29. The summed E-state index contributed by atoms with van der Waals surface area (Å²) in [6.07, 6.45) is 2.45. The fourth-order valence-electron chi connectivity index (χ4n) is 3.39. The van der Waals surface area contributed by atoms with Crippen LogP contribution in [0.5, 0.6) is 0 Å². The van der Waals surface area contributed by atoms with Crippen molar-refractivity contribution in [3.8, 4) is 6.19 Å². The van der Waals surface area contributed by atoms with Gasteiger partial charge in [-0.25, -0.2) is 17.2 Å². The highest BCUT2D eigenvalue weighted by Gasteiger charge is 2.40. The van der Waals surface area contributed by atoms with Gasteiger partial charge in [-0.1, -0.05) is 15.9 Å². The maximum atomic E-state index is 14.3. The van der Waals surface area contributed by atoms with Gasteiger partial charge in [0, 0.05) is 39.7 Å². The third-order valence-electron chi connectivity index (χ3n) is 4.90. The second-order valence-corrected chi connectivity index (χ2v) is 10.5. The number of likely N-dealkylation sites (tertiary alicyclic amines) is 1. The van der Waals surface area contributed by atoms with Crippen LogP contribution in [0.2, 0.25) is 0 Å². The van der Waals surface area contributed by atoms with E-state index < -0.39 is 27.7 Å². The lowest BCUT2D eigenvalue weighted by molar-refractivity contribution is 0.309. The summed E-state index contributed by atoms with van der Waals surface area (Å²) in [4.78, 5) is 1.50. The molecule has 1 heterocycles. The Morgan fingerprint density at radius 3 is 2.62 bits per heavy atom. The van der Waals surface area contributed by atoms with Crippen LogP contribution in [-0.4, -0.2) is 36.3 Å². The Hall–Kier alpha value is -1.54. The quantitative estimate of drug-likeness (QED) is 0.511. The molecule has 0 bridgehead atoms. The van der Waals surface area contributed by atoms with Crippen molar-refractivity contribution < 1.29 is 17.2 Å². The second-order valence-electron chi connectivity index (χ2n) is 6.85. The summed E-state index contributed by atoms with van der Waals surface area (Å²) < 4.78 is 57.2. The molecule has 2 unspecified atom stereocenters. The minimum atomic E-state index is -4.09. The van der Waals surface area contributed by atoms with Gasteiger partial charge in [-0.15, -0.1) is 0 Å². The first-order valence-electron chi connectivity index (χ1n) is 8.70. The standard InChI is InChI=1S/C19H17Br2F2N3O2S/c1-12-6-16(10-25(12)11-24)26(9-13-7-15(22)3-5-18(13)23)29(27,28)19-8-14(20)2-4-17(19)21/h2-5,7-8,12,16H,6,9-10H2,1H3. The number of halogens is 4. The minimum Gasteiger partial charge on any atom is -0.306 e. The molecule has 5 nitrogen and oxygen atoms in total. The number of nitriles is 1. The largest absolute Gasteiger partial charge is 0.306 e. The molecule has 1 fully saturated rings. The van der Waals surface area contributed by atoms with Crippen LogP contribution in [0, 0.1) is 23.1 Å². The van der Waals surface area contributed by atoms with Crippen molar-refractivity contribution in [2.24, 2.45) is 0 Å². The van der Waals surface area contributed by atoms with E-state index in [-0.39, 0.29) is 29.6 Å². The SMILES string of the molecule is CC1CC(N(Cc2cc(F)ccc2F)S(=O)(=O)c2cc(Br)ccc2Br)CN1C#N. The molecule has 1 aliphatic rings. The molecule has 0 radical (unpaired) electrons. The van der Waals surface area contributed by atoms with Crippen molar-refractivity contribution in [2.75, 3.05) is 6.54 Å². The summed E-state index contributed by atoms with van der Waals surface area (Å²) in [5, 5.41) is 9.29. The maximum Gasteiger partial charge on any atom is 0.244 e. The molecule has 0 amide bonds. The van der Waals surface area contributed by atoms with Gasteiger partial charge in [0.1, 0.15) is 11.6 Å². The number of hydrogen-bond donors (Lipinski definition) is 0. The first-order chi connectivity index (χ1) is 13.6. The third kappa shape index (κ3) is 4.63. The summed E-state index contributed by atoms with van der Waals surface area (Å²) >= 11 is 6.54. The molecule has 10 heteroatoms. The normalized spacial score (nSPS) is 19.6. The van der Waals surface area contributed by atoms with Crippen molar-refractivity contribution >= 4 is 41.9 Å². The fourth-order valence-corrected chi connectivity index (χ4v) is 6.46. The van der Waals surface area contributed by atoms with E-state index in [0.29, 0.717) is 15.4 Å². The molecule has 0 aromatic heterocycles. The van der Waals surface area contributed by atoms with Crippen LogP contribution in [-0.2, 0) is 16.6 Å². The monoisotopic (exact) mass is 547 g/mol. The van der Waals surface area contributed by atoms with E-state index in [9.17, 15) is 22.5 Å². The number of nitrogens with zero attached hydrogens (tertiary/aromatic N) is 3. The molecule has 0 aliphatic carbocycles. The van der Waals surface area contributed by atoms with Gasteiger partial charge in [0.25, 0.3) is 0 Å². The van der Waals surface area contributed by atoms with Gasteiger partial charge in [0.2, 0.25) is 10.0 Å². The summed E-state index contributed by atoms with van der Waals surface area (Å²) in [7, 11) is -4.09. The van der Waals surface area contributed by atoms with Crippen molar-refractivity contribution in [1.29, 1.82) is 5.26 Å².